The van der Waals surface area contributed by atoms with Crippen LogP contribution in [0, 0.1) is 19.3 Å². The van der Waals surface area contributed by atoms with Crippen LogP contribution >= 0.6 is 0 Å². The molecule has 0 saturated carbocycles. The predicted octanol–water partition coefficient (Wildman–Crippen LogP) is 2.66. The number of carboxylic acids is 1. The minimum atomic E-state index is -0.965. The number of ether oxygens (including phenoxy) is 1. The summed E-state index contributed by atoms with van der Waals surface area (Å²) in [6.07, 6.45) is 0.780. The monoisotopic (exact) mass is 331 g/mol. The van der Waals surface area contributed by atoms with Crippen LogP contribution in [0.4, 0.5) is 0 Å². The van der Waals surface area contributed by atoms with E-state index < -0.39 is 17.3 Å². The first-order valence-corrected chi connectivity index (χ1v) is 8.01. The molecule has 1 aromatic heterocycles. The number of carboxylic acid groups (broad SMARTS) is 1. The highest BCUT2D eigenvalue weighted by atomic mass is 16.5. The van der Waals surface area contributed by atoms with Gasteiger partial charge in [-0.2, -0.15) is 0 Å². The fourth-order valence-electron chi connectivity index (χ4n) is 2.98. The van der Waals surface area contributed by atoms with E-state index in [1.807, 2.05) is 26.0 Å². The Bertz CT molecular complexity index is 747. The Morgan fingerprint density at radius 2 is 1.83 bits per heavy atom. The summed E-state index contributed by atoms with van der Waals surface area (Å²) >= 11 is 0. The normalized spacial score (nSPS) is 16.9. The van der Waals surface area contributed by atoms with Crippen LogP contribution in [0.1, 0.15) is 34.5 Å². The largest absolute Gasteiger partial charge is 0.481 e. The molecule has 0 radical (unpaired) electrons. The van der Waals surface area contributed by atoms with E-state index in [0.717, 1.165) is 16.5 Å². The minimum absolute atomic E-state index is 0.0691. The molecule has 1 saturated heterocycles. The van der Waals surface area contributed by atoms with Crippen molar-refractivity contribution in [3.8, 4) is 0 Å². The summed E-state index contributed by atoms with van der Waals surface area (Å²) in [7, 11) is 0. The minimum Gasteiger partial charge on any atom is -0.481 e. The third kappa shape index (κ3) is 3.01. The smallest absolute Gasteiger partial charge is 0.311 e. The predicted molar refractivity (Wildman–Crippen MR) is 88.1 cm³/mol. The molecule has 6 nitrogen and oxygen atoms in total. The first kappa shape index (κ1) is 16.5. The zero-order chi connectivity index (χ0) is 17.3. The van der Waals surface area contributed by atoms with E-state index in [2.05, 4.69) is 5.32 Å². The van der Waals surface area contributed by atoms with Crippen LogP contribution in [0.5, 0.6) is 0 Å². The molecule has 0 unspecified atom stereocenters. The second kappa shape index (κ2) is 6.28. The Hall–Kier alpha value is -2.34. The van der Waals surface area contributed by atoms with Crippen LogP contribution < -0.4 is 5.32 Å². The van der Waals surface area contributed by atoms with Gasteiger partial charge in [0.15, 0.2) is 5.76 Å². The highest BCUT2D eigenvalue weighted by Gasteiger charge is 2.40. The Balaban J connectivity index is 1.76. The number of fused-ring (bicyclic) bond motifs is 1. The van der Waals surface area contributed by atoms with Gasteiger partial charge in [0.1, 0.15) is 5.58 Å². The second-order valence-corrected chi connectivity index (χ2v) is 6.47. The van der Waals surface area contributed by atoms with Crippen LogP contribution in [0.3, 0.4) is 0 Å². The van der Waals surface area contributed by atoms with E-state index in [0.29, 0.717) is 31.6 Å². The fraction of sp³-hybridized carbons (Fsp3) is 0.444. The van der Waals surface area contributed by atoms with E-state index >= 15 is 0 Å². The van der Waals surface area contributed by atoms with Gasteiger partial charge in [0, 0.05) is 25.1 Å². The van der Waals surface area contributed by atoms with E-state index in [4.69, 9.17) is 9.15 Å². The molecule has 0 spiro atoms. The molecule has 1 aromatic carbocycles. The Labute approximate surface area is 139 Å². The van der Waals surface area contributed by atoms with Gasteiger partial charge in [-0.3, -0.25) is 9.59 Å². The third-order valence-electron chi connectivity index (χ3n) is 4.85. The topological polar surface area (TPSA) is 88.8 Å². The number of nitrogens with one attached hydrogen (secondary N) is 1. The first-order chi connectivity index (χ1) is 11.4. The summed E-state index contributed by atoms with van der Waals surface area (Å²) in [4.78, 5) is 24.0. The van der Waals surface area contributed by atoms with Crippen molar-refractivity contribution in [3.63, 3.8) is 0 Å². The lowest BCUT2D eigenvalue weighted by Crippen LogP contribution is -2.46. The van der Waals surface area contributed by atoms with Gasteiger partial charge in [-0.05, 0) is 56.0 Å². The average Bonchev–Trinajstić information content (AvgIpc) is 2.96. The van der Waals surface area contributed by atoms with Gasteiger partial charge in [0.05, 0.1) is 5.41 Å². The molecular formula is C18H21NO5. The molecule has 3 rings (SSSR count). The molecule has 2 aromatic rings. The van der Waals surface area contributed by atoms with Crippen LogP contribution in [-0.4, -0.2) is 36.7 Å². The van der Waals surface area contributed by atoms with Gasteiger partial charge in [0.2, 0.25) is 0 Å². The number of carbonyl (C=O) groups is 2. The molecule has 24 heavy (non-hydrogen) atoms. The number of aryl methyl sites for hydroxylation is 2. The lowest BCUT2D eigenvalue weighted by atomic mass is 9.80. The summed E-state index contributed by atoms with van der Waals surface area (Å²) in [5, 5.41) is 13.1. The molecule has 2 heterocycles. The van der Waals surface area contributed by atoms with Crippen molar-refractivity contribution in [2.75, 3.05) is 19.8 Å². The number of amides is 1. The van der Waals surface area contributed by atoms with Crippen molar-refractivity contribution in [1.29, 1.82) is 0 Å². The first-order valence-electron chi connectivity index (χ1n) is 8.01. The van der Waals surface area contributed by atoms with Gasteiger partial charge in [-0.1, -0.05) is 0 Å². The number of carbonyl (C=O) groups excluding carboxylic acids is 1. The van der Waals surface area contributed by atoms with Gasteiger partial charge in [-0.25, -0.2) is 0 Å². The molecular weight excluding hydrogens is 310 g/mol. The molecule has 0 aliphatic carbocycles. The van der Waals surface area contributed by atoms with Gasteiger partial charge < -0.3 is 19.6 Å². The van der Waals surface area contributed by atoms with Crippen LogP contribution in [-0.2, 0) is 9.53 Å². The maximum absolute atomic E-state index is 12.4. The number of hydrogen-bond acceptors (Lipinski definition) is 4. The van der Waals surface area contributed by atoms with Crippen molar-refractivity contribution in [2.45, 2.75) is 26.7 Å². The number of benzene rings is 1. The Morgan fingerprint density at radius 3 is 2.50 bits per heavy atom. The summed E-state index contributed by atoms with van der Waals surface area (Å²) in [5.41, 5.74) is 1.91. The lowest BCUT2D eigenvalue weighted by molar-refractivity contribution is -0.154. The van der Waals surface area contributed by atoms with E-state index in [1.54, 1.807) is 6.07 Å². The number of hydrogen-bond donors (Lipinski definition) is 2. The Morgan fingerprint density at radius 1 is 1.17 bits per heavy atom. The molecule has 1 amide bonds. The zero-order valence-corrected chi connectivity index (χ0v) is 13.8. The van der Waals surface area contributed by atoms with Crippen LogP contribution in [0.2, 0.25) is 0 Å². The quantitative estimate of drug-likeness (QED) is 0.899. The summed E-state index contributed by atoms with van der Waals surface area (Å²) in [6.45, 7) is 4.85. The molecule has 0 atom stereocenters. The highest BCUT2D eigenvalue weighted by Crippen LogP contribution is 2.30. The second-order valence-electron chi connectivity index (χ2n) is 6.47. The van der Waals surface area contributed by atoms with Gasteiger partial charge >= 0.3 is 5.97 Å². The maximum atomic E-state index is 12.4. The average molecular weight is 331 g/mol. The van der Waals surface area contributed by atoms with Crippen molar-refractivity contribution in [3.05, 3.63) is 35.1 Å². The molecule has 6 heteroatoms. The van der Waals surface area contributed by atoms with Crippen LogP contribution in [0.25, 0.3) is 11.0 Å². The van der Waals surface area contributed by atoms with Gasteiger partial charge in [0.25, 0.3) is 5.91 Å². The molecule has 1 fully saturated rings. The van der Waals surface area contributed by atoms with E-state index in [-0.39, 0.29) is 12.3 Å². The van der Waals surface area contributed by atoms with Crippen molar-refractivity contribution in [1.82, 2.24) is 5.32 Å². The standard InChI is InChI=1S/C18H21NO5/c1-11-7-13-9-15(24-14(13)8-12(11)2)16(20)19-10-18(17(21)22)3-5-23-6-4-18/h7-9H,3-6,10H2,1-2H3,(H,19,20)(H,21,22). The van der Waals surface area contributed by atoms with Crippen molar-refractivity contribution in [2.24, 2.45) is 5.41 Å². The van der Waals surface area contributed by atoms with Gasteiger partial charge in [-0.15, -0.1) is 0 Å². The summed E-state index contributed by atoms with van der Waals surface area (Å²) in [6, 6.07) is 5.56. The molecule has 2 N–H and O–H groups in total. The number of aliphatic carboxylic acids is 1. The number of furan rings is 1. The molecule has 128 valence electrons. The van der Waals surface area contributed by atoms with Crippen molar-refractivity contribution < 1.29 is 23.8 Å². The highest BCUT2D eigenvalue weighted by molar-refractivity contribution is 5.96. The molecule has 0 bridgehead atoms. The summed E-state index contributed by atoms with van der Waals surface area (Å²) in [5.74, 6) is -1.10. The molecule has 1 aliphatic rings. The fourth-order valence-corrected chi connectivity index (χ4v) is 2.98. The van der Waals surface area contributed by atoms with Crippen molar-refractivity contribution >= 4 is 22.8 Å². The number of rotatable bonds is 4. The third-order valence-corrected chi connectivity index (χ3v) is 4.85. The zero-order valence-electron chi connectivity index (χ0n) is 13.8. The SMILES string of the molecule is Cc1cc2cc(C(=O)NCC3(C(=O)O)CCOCC3)oc2cc1C. The maximum Gasteiger partial charge on any atom is 0.311 e. The summed E-state index contributed by atoms with van der Waals surface area (Å²) < 4.78 is 10.8. The Kier molecular flexibility index (Phi) is 4.32. The van der Waals surface area contributed by atoms with Crippen LogP contribution in [0.15, 0.2) is 22.6 Å². The lowest BCUT2D eigenvalue weighted by Gasteiger charge is -2.32. The van der Waals surface area contributed by atoms with E-state index in [1.165, 1.54) is 0 Å². The van der Waals surface area contributed by atoms with E-state index in [9.17, 15) is 14.7 Å². The molecule has 1 aliphatic heterocycles.